The van der Waals surface area contributed by atoms with Crippen LogP contribution in [0.1, 0.15) is 26.5 Å². The van der Waals surface area contributed by atoms with E-state index < -0.39 is 0 Å². The second-order valence-electron chi connectivity index (χ2n) is 6.00. The van der Waals surface area contributed by atoms with Crippen LogP contribution in [-0.4, -0.2) is 20.5 Å². The first-order valence-electron chi connectivity index (χ1n) is 6.92. The second kappa shape index (κ2) is 5.50. The molecule has 0 atom stereocenters. The van der Waals surface area contributed by atoms with Crippen molar-refractivity contribution in [2.24, 2.45) is 0 Å². The van der Waals surface area contributed by atoms with Crippen molar-refractivity contribution in [1.29, 1.82) is 0 Å². The highest BCUT2D eigenvalue weighted by molar-refractivity contribution is 7.17. The maximum absolute atomic E-state index is 4.63. The number of pyridine rings is 1. The predicted molar refractivity (Wildman–Crippen MR) is 87.2 cm³/mol. The molecule has 21 heavy (non-hydrogen) atoms. The van der Waals surface area contributed by atoms with E-state index in [2.05, 4.69) is 47.1 Å². The fourth-order valence-corrected chi connectivity index (χ4v) is 2.74. The van der Waals surface area contributed by atoms with Crippen molar-refractivity contribution in [1.82, 2.24) is 20.3 Å². The lowest BCUT2D eigenvalue weighted by Gasteiger charge is -2.20. The molecular formula is C16H18N4S. The first-order chi connectivity index (χ1) is 10.0. The Balaban J connectivity index is 1.88. The average Bonchev–Trinajstić information content (AvgIpc) is 2.92. The number of aromatic nitrogens is 3. The Morgan fingerprint density at radius 3 is 2.86 bits per heavy atom. The first kappa shape index (κ1) is 14.1. The number of hydrogen-bond donors (Lipinski definition) is 1. The summed E-state index contributed by atoms with van der Waals surface area (Å²) in [5, 5.41) is 5.49. The van der Waals surface area contributed by atoms with Gasteiger partial charge < -0.3 is 5.32 Å². The lowest BCUT2D eigenvalue weighted by atomic mass is 10.1. The molecule has 0 aliphatic heterocycles. The minimum absolute atomic E-state index is 0.0720. The first-order valence-corrected chi connectivity index (χ1v) is 7.80. The summed E-state index contributed by atoms with van der Waals surface area (Å²) in [6.07, 6.45) is 3.64. The zero-order valence-electron chi connectivity index (χ0n) is 12.4. The standard InChI is InChI=1S/C16H18N4S/c1-16(2,3)19-10-12-4-6-17-15(20-12)11-8-14-13(18-9-11)5-7-21-14/h4-9,19H,10H2,1-3H3. The van der Waals surface area contributed by atoms with Crippen LogP contribution in [-0.2, 0) is 6.54 Å². The van der Waals surface area contributed by atoms with Crippen molar-refractivity contribution < 1.29 is 0 Å². The largest absolute Gasteiger partial charge is 0.306 e. The molecule has 0 bridgehead atoms. The number of fused-ring (bicyclic) bond motifs is 1. The minimum Gasteiger partial charge on any atom is -0.306 e. The third-order valence-corrected chi connectivity index (χ3v) is 3.93. The molecule has 0 amide bonds. The number of nitrogens with zero attached hydrogens (tertiary/aromatic N) is 3. The third kappa shape index (κ3) is 3.43. The molecule has 0 fully saturated rings. The molecule has 1 N–H and O–H groups in total. The van der Waals surface area contributed by atoms with Gasteiger partial charge in [0.1, 0.15) is 0 Å². The van der Waals surface area contributed by atoms with Gasteiger partial charge in [-0.15, -0.1) is 11.3 Å². The van der Waals surface area contributed by atoms with E-state index in [4.69, 9.17) is 0 Å². The maximum atomic E-state index is 4.63. The molecule has 5 heteroatoms. The quantitative estimate of drug-likeness (QED) is 0.802. The topological polar surface area (TPSA) is 50.7 Å². The van der Waals surface area contributed by atoms with Gasteiger partial charge in [-0.1, -0.05) is 0 Å². The van der Waals surface area contributed by atoms with Crippen LogP contribution in [0.2, 0.25) is 0 Å². The summed E-state index contributed by atoms with van der Waals surface area (Å²) in [5.41, 5.74) is 3.04. The van der Waals surface area contributed by atoms with Crippen LogP contribution in [0.15, 0.2) is 36.0 Å². The van der Waals surface area contributed by atoms with Crippen molar-refractivity contribution in [2.75, 3.05) is 0 Å². The number of rotatable bonds is 3. The van der Waals surface area contributed by atoms with Gasteiger partial charge >= 0.3 is 0 Å². The highest BCUT2D eigenvalue weighted by Crippen LogP contribution is 2.23. The zero-order chi connectivity index (χ0) is 14.9. The Bertz CT molecular complexity index is 758. The summed E-state index contributed by atoms with van der Waals surface area (Å²) in [5.74, 6) is 0.728. The van der Waals surface area contributed by atoms with Gasteiger partial charge in [-0.2, -0.15) is 0 Å². The molecule has 0 aliphatic rings. The lowest BCUT2D eigenvalue weighted by Crippen LogP contribution is -2.35. The Morgan fingerprint density at radius 1 is 1.19 bits per heavy atom. The number of nitrogens with one attached hydrogen (secondary N) is 1. The molecule has 0 saturated carbocycles. The number of hydrogen-bond acceptors (Lipinski definition) is 5. The monoisotopic (exact) mass is 298 g/mol. The van der Waals surface area contributed by atoms with E-state index >= 15 is 0 Å². The molecule has 4 nitrogen and oxygen atoms in total. The highest BCUT2D eigenvalue weighted by Gasteiger charge is 2.10. The van der Waals surface area contributed by atoms with Crippen LogP contribution in [0.25, 0.3) is 21.6 Å². The Morgan fingerprint density at radius 2 is 2.05 bits per heavy atom. The van der Waals surface area contributed by atoms with Gasteiger partial charge in [0.05, 0.1) is 15.9 Å². The molecule has 0 radical (unpaired) electrons. The van der Waals surface area contributed by atoms with Gasteiger partial charge in [-0.05, 0) is 44.4 Å². The smallest absolute Gasteiger partial charge is 0.161 e. The normalized spacial score (nSPS) is 12.0. The molecule has 0 spiro atoms. The zero-order valence-corrected chi connectivity index (χ0v) is 13.2. The lowest BCUT2D eigenvalue weighted by molar-refractivity contribution is 0.421. The summed E-state index contributed by atoms with van der Waals surface area (Å²) < 4.78 is 1.16. The van der Waals surface area contributed by atoms with Gasteiger partial charge in [0.2, 0.25) is 0 Å². The summed E-state index contributed by atoms with van der Waals surface area (Å²) in [6, 6.07) is 6.07. The number of thiophene rings is 1. The summed E-state index contributed by atoms with van der Waals surface area (Å²) >= 11 is 1.68. The van der Waals surface area contributed by atoms with Gasteiger partial charge in [-0.25, -0.2) is 9.97 Å². The summed E-state index contributed by atoms with van der Waals surface area (Å²) in [4.78, 5) is 13.4. The van der Waals surface area contributed by atoms with Crippen LogP contribution in [0.3, 0.4) is 0 Å². The fraction of sp³-hybridized carbons (Fsp3) is 0.312. The van der Waals surface area contributed by atoms with Crippen LogP contribution in [0, 0.1) is 0 Å². The van der Waals surface area contributed by atoms with Gasteiger partial charge in [0.25, 0.3) is 0 Å². The molecule has 108 valence electrons. The van der Waals surface area contributed by atoms with E-state index in [0.29, 0.717) is 0 Å². The molecule has 3 aromatic rings. The van der Waals surface area contributed by atoms with Gasteiger partial charge in [0.15, 0.2) is 5.82 Å². The molecule has 3 rings (SSSR count). The van der Waals surface area contributed by atoms with Crippen LogP contribution >= 0.6 is 11.3 Å². The molecule has 0 unspecified atom stereocenters. The average molecular weight is 298 g/mol. The Labute approximate surface area is 128 Å². The third-order valence-electron chi connectivity index (χ3n) is 3.07. The Kier molecular flexibility index (Phi) is 3.69. The fourth-order valence-electron chi connectivity index (χ4n) is 1.96. The highest BCUT2D eigenvalue weighted by atomic mass is 32.1. The molecule has 0 aromatic carbocycles. The minimum atomic E-state index is 0.0720. The molecular weight excluding hydrogens is 280 g/mol. The van der Waals surface area contributed by atoms with E-state index in [1.165, 1.54) is 0 Å². The van der Waals surface area contributed by atoms with Crippen molar-refractivity contribution in [3.05, 3.63) is 41.7 Å². The van der Waals surface area contributed by atoms with Gasteiger partial charge in [-0.3, -0.25) is 4.98 Å². The maximum Gasteiger partial charge on any atom is 0.161 e. The van der Waals surface area contributed by atoms with Crippen molar-refractivity contribution in [3.8, 4) is 11.4 Å². The summed E-state index contributed by atoms with van der Waals surface area (Å²) in [7, 11) is 0. The van der Waals surface area contributed by atoms with Crippen molar-refractivity contribution in [3.63, 3.8) is 0 Å². The van der Waals surface area contributed by atoms with E-state index in [-0.39, 0.29) is 5.54 Å². The SMILES string of the molecule is CC(C)(C)NCc1ccnc(-c2cnc3ccsc3c2)n1. The molecule has 0 aliphatic carbocycles. The van der Waals surface area contributed by atoms with Crippen LogP contribution in [0.5, 0.6) is 0 Å². The second-order valence-corrected chi connectivity index (χ2v) is 6.95. The van der Waals surface area contributed by atoms with E-state index in [1.54, 1.807) is 17.5 Å². The van der Waals surface area contributed by atoms with Crippen molar-refractivity contribution >= 4 is 21.6 Å². The summed E-state index contributed by atoms with van der Waals surface area (Å²) in [6.45, 7) is 7.16. The van der Waals surface area contributed by atoms with Crippen LogP contribution < -0.4 is 5.32 Å². The van der Waals surface area contributed by atoms with E-state index in [1.807, 2.05) is 23.7 Å². The van der Waals surface area contributed by atoms with Crippen molar-refractivity contribution in [2.45, 2.75) is 32.9 Å². The van der Waals surface area contributed by atoms with Crippen LogP contribution in [0.4, 0.5) is 0 Å². The van der Waals surface area contributed by atoms with E-state index in [9.17, 15) is 0 Å². The molecule has 0 saturated heterocycles. The Hall–Kier alpha value is -1.85. The molecule has 3 aromatic heterocycles. The van der Waals surface area contributed by atoms with Gasteiger partial charge in [0, 0.05) is 30.0 Å². The predicted octanol–water partition coefficient (Wildman–Crippen LogP) is 3.64. The van der Waals surface area contributed by atoms with E-state index in [0.717, 1.165) is 33.8 Å². The molecule has 3 heterocycles.